The minimum atomic E-state index is -4.42. The van der Waals surface area contributed by atoms with Crippen molar-refractivity contribution in [3.63, 3.8) is 0 Å². The second-order valence-electron chi connectivity index (χ2n) is 5.44. The standard InChI is InChI=1S/C15H16F3N3/c16-15(17,18)13-9-21(8-11-1-2-11)14(20-13)12-5-3-10(7-19)4-6-12/h3-6,9,11H,1-2,7-8,19H2. The van der Waals surface area contributed by atoms with E-state index in [4.69, 9.17) is 5.73 Å². The van der Waals surface area contributed by atoms with Crippen LogP contribution >= 0.6 is 0 Å². The van der Waals surface area contributed by atoms with Gasteiger partial charge < -0.3 is 10.3 Å². The van der Waals surface area contributed by atoms with Crippen molar-refractivity contribution in [1.82, 2.24) is 9.55 Å². The van der Waals surface area contributed by atoms with Crippen molar-refractivity contribution < 1.29 is 13.2 Å². The summed E-state index contributed by atoms with van der Waals surface area (Å²) in [7, 11) is 0. The van der Waals surface area contributed by atoms with E-state index < -0.39 is 11.9 Å². The lowest BCUT2D eigenvalue weighted by molar-refractivity contribution is -0.140. The number of rotatable bonds is 4. The van der Waals surface area contributed by atoms with Crippen LogP contribution in [0.5, 0.6) is 0 Å². The van der Waals surface area contributed by atoms with E-state index in [9.17, 15) is 13.2 Å². The Labute approximate surface area is 120 Å². The van der Waals surface area contributed by atoms with Gasteiger partial charge in [-0.3, -0.25) is 0 Å². The van der Waals surface area contributed by atoms with Gasteiger partial charge in [-0.05, 0) is 24.3 Å². The molecule has 0 aliphatic heterocycles. The minimum absolute atomic E-state index is 0.373. The maximum Gasteiger partial charge on any atom is 0.434 e. The second kappa shape index (κ2) is 5.18. The smallest absolute Gasteiger partial charge is 0.330 e. The van der Waals surface area contributed by atoms with Gasteiger partial charge >= 0.3 is 6.18 Å². The lowest BCUT2D eigenvalue weighted by atomic mass is 10.1. The molecule has 0 amide bonds. The molecule has 2 N–H and O–H groups in total. The largest absolute Gasteiger partial charge is 0.434 e. The van der Waals surface area contributed by atoms with Gasteiger partial charge in [0.05, 0.1) is 0 Å². The topological polar surface area (TPSA) is 43.8 Å². The van der Waals surface area contributed by atoms with Gasteiger partial charge in [0.2, 0.25) is 0 Å². The van der Waals surface area contributed by atoms with Gasteiger partial charge in [0.15, 0.2) is 5.69 Å². The van der Waals surface area contributed by atoms with E-state index in [1.807, 2.05) is 12.1 Å². The summed E-state index contributed by atoms with van der Waals surface area (Å²) in [5.74, 6) is 0.847. The first kappa shape index (κ1) is 14.1. The fraction of sp³-hybridized carbons (Fsp3) is 0.400. The zero-order chi connectivity index (χ0) is 15.0. The Morgan fingerprint density at radius 3 is 2.38 bits per heavy atom. The number of nitrogens with zero attached hydrogens (tertiary/aromatic N) is 2. The highest BCUT2D eigenvalue weighted by atomic mass is 19.4. The third-order valence-electron chi connectivity index (χ3n) is 3.67. The van der Waals surface area contributed by atoms with Gasteiger partial charge in [0.1, 0.15) is 5.82 Å². The van der Waals surface area contributed by atoms with Crippen LogP contribution in [0.15, 0.2) is 30.5 Å². The quantitative estimate of drug-likeness (QED) is 0.939. The Kier molecular flexibility index (Phi) is 3.49. The molecule has 0 atom stereocenters. The van der Waals surface area contributed by atoms with Crippen molar-refractivity contribution in [3.05, 3.63) is 41.7 Å². The second-order valence-corrected chi connectivity index (χ2v) is 5.44. The van der Waals surface area contributed by atoms with Crippen LogP contribution in [0.25, 0.3) is 11.4 Å². The number of halogens is 3. The van der Waals surface area contributed by atoms with Gasteiger partial charge in [-0.15, -0.1) is 0 Å². The minimum Gasteiger partial charge on any atom is -0.330 e. The van der Waals surface area contributed by atoms with Crippen molar-refractivity contribution in [2.75, 3.05) is 0 Å². The summed E-state index contributed by atoms with van der Waals surface area (Å²) in [6, 6.07) is 7.18. The van der Waals surface area contributed by atoms with Crippen LogP contribution in [0.4, 0.5) is 13.2 Å². The molecular weight excluding hydrogens is 279 g/mol. The Morgan fingerprint density at radius 2 is 1.86 bits per heavy atom. The zero-order valence-electron chi connectivity index (χ0n) is 11.4. The number of benzene rings is 1. The van der Waals surface area contributed by atoms with Crippen LogP contribution < -0.4 is 5.73 Å². The molecule has 112 valence electrons. The third kappa shape index (κ3) is 3.10. The van der Waals surface area contributed by atoms with Gasteiger partial charge in [0.25, 0.3) is 0 Å². The van der Waals surface area contributed by atoms with Crippen molar-refractivity contribution in [2.24, 2.45) is 11.7 Å². The van der Waals surface area contributed by atoms with Gasteiger partial charge in [-0.1, -0.05) is 24.3 Å². The zero-order valence-corrected chi connectivity index (χ0v) is 11.4. The van der Waals surface area contributed by atoms with Crippen LogP contribution in [0.1, 0.15) is 24.1 Å². The Morgan fingerprint density at radius 1 is 1.19 bits per heavy atom. The van der Waals surface area contributed by atoms with E-state index in [0.717, 1.165) is 24.6 Å². The molecule has 1 aromatic carbocycles. The molecule has 0 radical (unpaired) electrons. The van der Waals surface area contributed by atoms with E-state index in [0.29, 0.717) is 30.4 Å². The average molecular weight is 295 g/mol. The van der Waals surface area contributed by atoms with Crippen LogP contribution in [0, 0.1) is 5.92 Å². The van der Waals surface area contributed by atoms with Crippen molar-refractivity contribution >= 4 is 0 Å². The third-order valence-corrected chi connectivity index (χ3v) is 3.67. The molecule has 1 aliphatic rings. The Hall–Kier alpha value is -1.82. The van der Waals surface area contributed by atoms with Gasteiger partial charge in [-0.2, -0.15) is 13.2 Å². The van der Waals surface area contributed by atoms with Crippen molar-refractivity contribution in [2.45, 2.75) is 32.1 Å². The molecule has 1 aromatic heterocycles. The monoisotopic (exact) mass is 295 g/mol. The summed E-state index contributed by atoms with van der Waals surface area (Å²) < 4.78 is 40.3. The molecule has 1 saturated carbocycles. The SMILES string of the molecule is NCc1ccc(-c2nc(C(F)(F)F)cn2CC2CC2)cc1. The molecule has 0 saturated heterocycles. The highest BCUT2D eigenvalue weighted by molar-refractivity contribution is 5.56. The van der Waals surface area contributed by atoms with Gasteiger partial charge in [0, 0.05) is 24.8 Å². The van der Waals surface area contributed by atoms with E-state index in [1.54, 1.807) is 16.7 Å². The molecule has 0 spiro atoms. The Balaban J connectivity index is 1.99. The first-order chi connectivity index (χ1) is 9.97. The summed E-state index contributed by atoms with van der Waals surface area (Å²) in [6.07, 6.45) is -1.15. The summed E-state index contributed by atoms with van der Waals surface area (Å²) in [5.41, 5.74) is 6.33. The molecule has 2 aromatic rings. The number of hydrogen-bond donors (Lipinski definition) is 1. The van der Waals surface area contributed by atoms with E-state index >= 15 is 0 Å². The summed E-state index contributed by atoms with van der Waals surface area (Å²) >= 11 is 0. The first-order valence-corrected chi connectivity index (χ1v) is 6.91. The van der Waals surface area contributed by atoms with Gasteiger partial charge in [-0.25, -0.2) is 4.98 Å². The molecule has 1 heterocycles. The Bertz CT molecular complexity index is 625. The highest BCUT2D eigenvalue weighted by Gasteiger charge is 2.35. The molecule has 3 nitrogen and oxygen atoms in total. The predicted octanol–water partition coefficient (Wildman–Crippen LogP) is 3.44. The molecule has 1 aliphatic carbocycles. The fourth-order valence-electron chi connectivity index (χ4n) is 2.29. The average Bonchev–Trinajstić information content (AvgIpc) is 3.15. The molecule has 21 heavy (non-hydrogen) atoms. The van der Waals surface area contributed by atoms with Crippen molar-refractivity contribution in [3.8, 4) is 11.4 Å². The van der Waals surface area contributed by atoms with Crippen LogP contribution in [-0.2, 0) is 19.3 Å². The maximum atomic E-state index is 12.9. The van der Waals surface area contributed by atoms with E-state index in [-0.39, 0.29) is 0 Å². The van der Waals surface area contributed by atoms with Crippen LogP contribution in [0.2, 0.25) is 0 Å². The summed E-state index contributed by atoms with van der Waals surface area (Å²) in [5, 5.41) is 0. The molecule has 0 bridgehead atoms. The summed E-state index contributed by atoms with van der Waals surface area (Å²) in [6.45, 7) is 1.00. The summed E-state index contributed by atoms with van der Waals surface area (Å²) in [4.78, 5) is 3.79. The number of aromatic nitrogens is 2. The lowest BCUT2D eigenvalue weighted by Gasteiger charge is -2.07. The van der Waals surface area contributed by atoms with Crippen LogP contribution in [0.3, 0.4) is 0 Å². The molecule has 6 heteroatoms. The number of nitrogens with two attached hydrogens (primary N) is 1. The first-order valence-electron chi connectivity index (χ1n) is 6.91. The molecular formula is C15H16F3N3. The van der Waals surface area contributed by atoms with Crippen molar-refractivity contribution in [1.29, 1.82) is 0 Å². The van der Waals surface area contributed by atoms with Crippen LogP contribution in [-0.4, -0.2) is 9.55 Å². The number of alkyl halides is 3. The fourth-order valence-corrected chi connectivity index (χ4v) is 2.29. The molecule has 1 fully saturated rings. The van der Waals surface area contributed by atoms with E-state index in [2.05, 4.69) is 4.98 Å². The van der Waals surface area contributed by atoms with E-state index in [1.165, 1.54) is 0 Å². The highest BCUT2D eigenvalue weighted by Crippen LogP contribution is 2.35. The predicted molar refractivity (Wildman–Crippen MR) is 73.3 cm³/mol. The molecule has 0 unspecified atom stereocenters. The molecule has 3 rings (SSSR count). The number of imidazole rings is 1. The normalized spacial score (nSPS) is 15.4. The maximum absolute atomic E-state index is 12.9. The number of hydrogen-bond acceptors (Lipinski definition) is 2. The lowest BCUT2D eigenvalue weighted by Crippen LogP contribution is -2.05.